The van der Waals surface area contributed by atoms with Gasteiger partial charge in [-0.1, -0.05) is 169 Å². The molecular weight excluding hydrogens is 801 g/mol. The summed E-state index contributed by atoms with van der Waals surface area (Å²) >= 11 is 0. The van der Waals surface area contributed by atoms with Crippen LogP contribution in [0.1, 0.15) is 220 Å². The Morgan fingerprint density at radius 1 is 0.219 bits per heavy atom. The molecule has 11 aliphatic rings. The van der Waals surface area contributed by atoms with Crippen molar-refractivity contribution in [1.82, 2.24) is 0 Å². The maximum Gasteiger partial charge on any atom is 0.0546 e. The SMILES string of the molecule is CC1CC2C(C3CCCCC3)CCCC2C1[Si](C)(C)C1C(C)CC2C(C3CCC(C4CCCC5C4CC(C)C5[Si](C)(C)C4C(C)CC5C(C6CCCCC6)CCCC54)CC3)CCCC21. The zero-order valence-electron chi connectivity index (χ0n) is 44.1. The standard InChI is InChI=1S/C62H108Si2/c1-39-35-55-47(43-19-11-9-12-20-43)23-15-27-51(55)59(39)63(5,6)61-41(3)37-57-49(25-17-29-53(57)61)45-31-33-46(34-32-45)50-26-18-30-54-58(50)38-42(4)62(54)64(7,8)60-40(2)36-56-48(24-16-28-52(56)60)44-21-13-10-14-22-44/h39-62H,9-38H2,1-8H3. The average molecular weight is 910 g/mol. The third kappa shape index (κ3) is 8.11. The van der Waals surface area contributed by atoms with Crippen molar-refractivity contribution in [3.05, 3.63) is 0 Å². The van der Waals surface area contributed by atoms with Crippen molar-refractivity contribution in [3.8, 4) is 0 Å². The van der Waals surface area contributed by atoms with Gasteiger partial charge in [-0.2, -0.15) is 0 Å². The van der Waals surface area contributed by atoms with Crippen LogP contribution in [0.15, 0.2) is 0 Å². The van der Waals surface area contributed by atoms with Crippen LogP contribution in [0, 0.1) is 118 Å². The smallest absolute Gasteiger partial charge is 0.0546 e. The molecule has 11 saturated carbocycles. The lowest BCUT2D eigenvalue weighted by atomic mass is 9.60. The van der Waals surface area contributed by atoms with E-state index in [4.69, 9.17) is 0 Å². The Labute approximate surface area is 401 Å². The Bertz CT molecular complexity index is 1430. The lowest BCUT2D eigenvalue weighted by molar-refractivity contribution is 0.0474. The third-order valence-corrected chi connectivity index (χ3v) is 37.4. The first-order valence-electron chi connectivity index (χ1n) is 30.9. The first kappa shape index (κ1) is 46.8. The number of hydrogen-bond donors (Lipinski definition) is 0. The van der Waals surface area contributed by atoms with E-state index in [0.29, 0.717) is 0 Å². The van der Waals surface area contributed by atoms with E-state index in [1.54, 1.807) is 180 Å². The molecule has 0 bridgehead atoms. The van der Waals surface area contributed by atoms with Crippen molar-refractivity contribution in [1.29, 1.82) is 0 Å². The molecule has 11 rings (SSSR count). The molecule has 0 aromatic rings. The Kier molecular flexibility index (Phi) is 13.8. The molecule has 20 unspecified atom stereocenters. The minimum atomic E-state index is -1.44. The lowest BCUT2D eigenvalue weighted by Gasteiger charge is -2.51. The molecule has 2 heteroatoms. The van der Waals surface area contributed by atoms with Gasteiger partial charge in [0.15, 0.2) is 0 Å². The van der Waals surface area contributed by atoms with Crippen LogP contribution in [-0.2, 0) is 0 Å². The minimum absolute atomic E-state index is 1.01. The second kappa shape index (κ2) is 18.9. The zero-order valence-corrected chi connectivity index (χ0v) is 46.1. The van der Waals surface area contributed by atoms with E-state index in [0.717, 1.165) is 141 Å². The highest BCUT2D eigenvalue weighted by atomic mass is 28.3. The van der Waals surface area contributed by atoms with Gasteiger partial charge in [-0.3, -0.25) is 0 Å². The zero-order chi connectivity index (χ0) is 44.1. The van der Waals surface area contributed by atoms with Crippen LogP contribution in [0.2, 0.25) is 48.4 Å². The molecule has 0 spiro atoms. The summed E-state index contributed by atoms with van der Waals surface area (Å²) in [6.45, 7) is 23.3. The molecule has 364 valence electrons. The van der Waals surface area contributed by atoms with Crippen LogP contribution in [0.5, 0.6) is 0 Å². The lowest BCUT2D eigenvalue weighted by Crippen LogP contribution is -2.48. The highest BCUT2D eigenvalue weighted by molar-refractivity contribution is 6.81. The molecule has 0 heterocycles. The maximum absolute atomic E-state index is 3.02. The molecule has 0 radical (unpaired) electrons. The monoisotopic (exact) mass is 909 g/mol. The second-order valence-electron chi connectivity index (χ2n) is 29.8. The molecule has 0 N–H and O–H groups in total. The van der Waals surface area contributed by atoms with Crippen molar-refractivity contribution in [2.75, 3.05) is 0 Å². The molecule has 64 heavy (non-hydrogen) atoms. The second-order valence-corrected chi connectivity index (χ2v) is 39.7. The average Bonchev–Trinajstić information content (AvgIpc) is 4.05. The first-order chi connectivity index (χ1) is 30.9. The van der Waals surface area contributed by atoms with Gasteiger partial charge in [0.05, 0.1) is 16.1 Å². The van der Waals surface area contributed by atoms with E-state index < -0.39 is 16.1 Å². The van der Waals surface area contributed by atoms with Gasteiger partial charge in [0.2, 0.25) is 0 Å². The fourth-order valence-corrected chi connectivity index (χ4v) is 38.9. The van der Waals surface area contributed by atoms with Crippen LogP contribution >= 0.6 is 0 Å². The predicted molar refractivity (Wildman–Crippen MR) is 281 cm³/mol. The van der Waals surface area contributed by atoms with Crippen LogP contribution in [0.3, 0.4) is 0 Å². The van der Waals surface area contributed by atoms with Gasteiger partial charge in [0.25, 0.3) is 0 Å². The van der Waals surface area contributed by atoms with Crippen LogP contribution in [-0.4, -0.2) is 16.1 Å². The molecule has 0 aliphatic heterocycles. The van der Waals surface area contributed by atoms with Crippen LogP contribution < -0.4 is 0 Å². The van der Waals surface area contributed by atoms with Crippen molar-refractivity contribution in [2.24, 2.45) is 118 Å². The Morgan fingerprint density at radius 2 is 0.438 bits per heavy atom. The number of rotatable bonds is 8. The van der Waals surface area contributed by atoms with Crippen molar-refractivity contribution in [2.45, 2.75) is 269 Å². The molecule has 11 fully saturated rings. The van der Waals surface area contributed by atoms with Gasteiger partial charge in [-0.15, -0.1) is 0 Å². The van der Waals surface area contributed by atoms with E-state index >= 15 is 0 Å². The fourth-order valence-electron chi connectivity index (χ4n) is 25.6. The summed E-state index contributed by atoms with van der Waals surface area (Å²) in [5, 5.41) is 0. The quantitative estimate of drug-likeness (QED) is 0.213. The molecule has 0 amide bonds. The Hall–Kier alpha value is 0.434. The van der Waals surface area contributed by atoms with Gasteiger partial charge < -0.3 is 0 Å². The summed E-state index contributed by atoms with van der Waals surface area (Å²) < 4.78 is 0. The Morgan fingerprint density at radius 3 is 0.688 bits per heavy atom. The van der Waals surface area contributed by atoms with Gasteiger partial charge >= 0.3 is 0 Å². The third-order valence-electron chi connectivity index (χ3n) is 26.5. The normalized spacial score (nSPS) is 51.9. The minimum Gasteiger partial charge on any atom is -0.0689 e. The molecule has 0 aromatic carbocycles. The van der Waals surface area contributed by atoms with Crippen LogP contribution in [0.4, 0.5) is 0 Å². The summed E-state index contributed by atoms with van der Waals surface area (Å²) in [6.07, 6.45) is 47.8. The fraction of sp³-hybridized carbons (Fsp3) is 1.00. The number of fused-ring (bicyclic) bond motifs is 4. The van der Waals surface area contributed by atoms with Gasteiger partial charge in [-0.25, -0.2) is 0 Å². The largest absolute Gasteiger partial charge is 0.0689 e. The summed E-state index contributed by atoms with van der Waals surface area (Å²) in [7, 11) is -2.88. The molecule has 0 nitrogen and oxygen atoms in total. The van der Waals surface area contributed by atoms with E-state index in [1.165, 1.54) is 12.8 Å². The highest BCUT2D eigenvalue weighted by Crippen LogP contribution is 2.70. The molecular formula is C62H108Si2. The van der Waals surface area contributed by atoms with Crippen molar-refractivity contribution < 1.29 is 0 Å². The number of hydrogen-bond acceptors (Lipinski definition) is 0. The maximum atomic E-state index is 3.02. The highest BCUT2D eigenvalue weighted by Gasteiger charge is 2.62. The summed E-state index contributed by atoms with van der Waals surface area (Å²) in [5.74, 6) is 21.6. The van der Waals surface area contributed by atoms with Crippen molar-refractivity contribution >= 4 is 16.1 Å². The molecule has 0 saturated heterocycles. The van der Waals surface area contributed by atoms with E-state index in [9.17, 15) is 0 Å². The predicted octanol–water partition coefficient (Wildman–Crippen LogP) is 19.1. The Balaban J connectivity index is 0.735. The summed E-state index contributed by atoms with van der Waals surface area (Å²) in [6, 6.07) is 0. The molecule has 0 aromatic heterocycles. The topological polar surface area (TPSA) is 0 Å². The van der Waals surface area contributed by atoms with E-state index in [-0.39, 0.29) is 0 Å². The van der Waals surface area contributed by atoms with E-state index in [1.807, 2.05) is 0 Å². The summed E-state index contributed by atoms with van der Waals surface area (Å²) in [5.41, 5.74) is 4.50. The van der Waals surface area contributed by atoms with Gasteiger partial charge in [0, 0.05) is 0 Å². The molecule has 20 atom stereocenters. The van der Waals surface area contributed by atoms with Crippen molar-refractivity contribution in [3.63, 3.8) is 0 Å². The van der Waals surface area contributed by atoms with Gasteiger partial charge in [-0.05, 0) is 218 Å². The van der Waals surface area contributed by atoms with E-state index in [2.05, 4.69) is 53.9 Å². The summed E-state index contributed by atoms with van der Waals surface area (Å²) in [4.78, 5) is 0. The first-order valence-corrected chi connectivity index (χ1v) is 37.2. The molecule has 11 aliphatic carbocycles. The van der Waals surface area contributed by atoms with Gasteiger partial charge in [0.1, 0.15) is 0 Å². The van der Waals surface area contributed by atoms with Crippen LogP contribution in [0.25, 0.3) is 0 Å².